The minimum atomic E-state index is 0.0442. The van der Waals surface area contributed by atoms with Gasteiger partial charge in [-0.3, -0.25) is 0 Å². The number of hydrogen-bond acceptors (Lipinski definition) is 3. The molecule has 1 saturated heterocycles. The minimum Gasteiger partial charge on any atom is -0.385 e. The molecule has 86 valence electrons. The largest absolute Gasteiger partial charge is 0.385 e. The van der Waals surface area contributed by atoms with Crippen molar-refractivity contribution in [2.75, 3.05) is 33.9 Å². The normalized spacial score (nSPS) is 21.2. The summed E-state index contributed by atoms with van der Waals surface area (Å²) in [6.07, 6.45) is 3.21. The number of hydrogen-bond donors (Lipinski definition) is 1. The summed E-state index contributed by atoms with van der Waals surface area (Å²) in [5.41, 5.74) is 6.24. The van der Waals surface area contributed by atoms with E-state index >= 15 is 0 Å². The van der Waals surface area contributed by atoms with Gasteiger partial charge in [-0.15, -0.1) is 0 Å². The number of ether oxygens (including phenoxy) is 1. The molecule has 1 aliphatic rings. The molecule has 1 rings (SSSR count). The predicted octanol–water partition coefficient (Wildman–Crippen LogP) is 1.47. The zero-order valence-corrected chi connectivity index (χ0v) is 10.2. The van der Waals surface area contributed by atoms with E-state index in [1.165, 1.54) is 0 Å². The van der Waals surface area contributed by atoms with Crippen LogP contribution in [0.1, 0.15) is 33.1 Å². The van der Waals surface area contributed by atoms with Crippen LogP contribution in [0.4, 0.5) is 0 Å². The fraction of sp³-hybridized carbons (Fsp3) is 1.00. The van der Waals surface area contributed by atoms with Crippen LogP contribution in [0.15, 0.2) is 0 Å². The third-order valence-electron chi connectivity index (χ3n) is 2.79. The Balaban J connectivity index is 0.000000791. The lowest BCUT2D eigenvalue weighted by atomic mass is 9.86. The van der Waals surface area contributed by atoms with E-state index in [0.717, 1.165) is 39.0 Å². The van der Waals surface area contributed by atoms with Gasteiger partial charge in [-0.2, -0.15) is 0 Å². The Morgan fingerprint density at radius 2 is 1.79 bits per heavy atom. The summed E-state index contributed by atoms with van der Waals surface area (Å²) >= 11 is 0. The molecule has 0 aliphatic carbocycles. The molecular formula is C11H26N2O. The first kappa shape index (κ1) is 13.9. The fourth-order valence-electron chi connectivity index (χ4n) is 1.62. The Bertz CT molecular complexity index is 126. The van der Waals surface area contributed by atoms with Crippen LogP contribution in [-0.4, -0.2) is 44.3 Å². The first-order valence-corrected chi connectivity index (χ1v) is 5.63. The van der Waals surface area contributed by atoms with Gasteiger partial charge in [-0.1, -0.05) is 13.8 Å². The second-order valence-electron chi connectivity index (χ2n) is 3.91. The van der Waals surface area contributed by atoms with E-state index in [-0.39, 0.29) is 5.54 Å². The highest BCUT2D eigenvalue weighted by Gasteiger charge is 2.28. The second-order valence-corrected chi connectivity index (χ2v) is 3.91. The molecule has 2 N–H and O–H groups in total. The van der Waals surface area contributed by atoms with E-state index in [9.17, 15) is 0 Å². The Kier molecular flexibility index (Phi) is 7.15. The maximum Gasteiger partial charge on any atom is 0.0479 e. The molecule has 3 heteroatoms. The molecule has 0 amide bonds. The summed E-state index contributed by atoms with van der Waals surface area (Å²) in [6, 6.07) is 0. The fourth-order valence-corrected chi connectivity index (χ4v) is 1.62. The topological polar surface area (TPSA) is 38.5 Å². The van der Waals surface area contributed by atoms with Gasteiger partial charge in [-0.25, -0.2) is 0 Å². The van der Waals surface area contributed by atoms with E-state index in [1.54, 1.807) is 7.11 Å². The van der Waals surface area contributed by atoms with Crippen LogP contribution in [0.2, 0.25) is 0 Å². The Morgan fingerprint density at radius 3 is 2.21 bits per heavy atom. The van der Waals surface area contributed by atoms with E-state index in [4.69, 9.17) is 10.5 Å². The van der Waals surface area contributed by atoms with Crippen molar-refractivity contribution in [2.24, 2.45) is 5.73 Å². The number of nitrogens with two attached hydrogens (primary N) is 1. The summed E-state index contributed by atoms with van der Waals surface area (Å²) in [5.74, 6) is 0. The van der Waals surface area contributed by atoms with Crippen LogP contribution in [-0.2, 0) is 4.74 Å². The summed E-state index contributed by atoms with van der Waals surface area (Å²) in [5, 5.41) is 0. The maximum absolute atomic E-state index is 6.20. The Labute approximate surface area is 88.6 Å². The third-order valence-corrected chi connectivity index (χ3v) is 2.79. The van der Waals surface area contributed by atoms with Crippen LogP contribution in [0, 0.1) is 0 Å². The van der Waals surface area contributed by atoms with E-state index in [2.05, 4.69) is 11.9 Å². The molecule has 1 heterocycles. The van der Waals surface area contributed by atoms with Crippen molar-refractivity contribution in [1.29, 1.82) is 0 Å². The van der Waals surface area contributed by atoms with Crippen molar-refractivity contribution in [3.05, 3.63) is 0 Å². The number of methoxy groups -OCH3 is 1. The van der Waals surface area contributed by atoms with Crippen molar-refractivity contribution >= 4 is 0 Å². The van der Waals surface area contributed by atoms with Gasteiger partial charge in [0.15, 0.2) is 0 Å². The molecule has 0 unspecified atom stereocenters. The van der Waals surface area contributed by atoms with Gasteiger partial charge in [0.25, 0.3) is 0 Å². The van der Waals surface area contributed by atoms with Gasteiger partial charge >= 0.3 is 0 Å². The highest BCUT2D eigenvalue weighted by Crippen LogP contribution is 2.21. The van der Waals surface area contributed by atoms with Gasteiger partial charge in [0.1, 0.15) is 0 Å². The van der Waals surface area contributed by atoms with Gasteiger partial charge in [0.2, 0.25) is 0 Å². The van der Waals surface area contributed by atoms with Crippen LogP contribution >= 0.6 is 0 Å². The predicted molar refractivity (Wildman–Crippen MR) is 61.5 cm³/mol. The molecule has 0 aromatic rings. The van der Waals surface area contributed by atoms with E-state index < -0.39 is 0 Å². The standard InChI is InChI=1S/C9H20N2O.C2H6/c1-11-6-3-9(10,4-7-11)5-8-12-2;1-2/h3-8,10H2,1-2H3;1-2H3. The maximum atomic E-state index is 6.20. The van der Waals surface area contributed by atoms with Crippen LogP contribution in [0.25, 0.3) is 0 Å². The molecule has 0 aromatic heterocycles. The number of rotatable bonds is 3. The van der Waals surface area contributed by atoms with Gasteiger partial charge in [-0.05, 0) is 39.4 Å². The molecule has 0 radical (unpaired) electrons. The zero-order valence-electron chi connectivity index (χ0n) is 10.2. The van der Waals surface area contributed by atoms with Crippen molar-refractivity contribution in [3.8, 4) is 0 Å². The molecule has 1 aliphatic heterocycles. The summed E-state index contributed by atoms with van der Waals surface area (Å²) < 4.78 is 5.04. The Hall–Kier alpha value is -0.120. The average molecular weight is 202 g/mol. The molecular weight excluding hydrogens is 176 g/mol. The highest BCUT2D eigenvalue weighted by molar-refractivity contribution is 4.89. The first-order valence-electron chi connectivity index (χ1n) is 5.63. The molecule has 14 heavy (non-hydrogen) atoms. The number of piperidine rings is 1. The van der Waals surface area contributed by atoms with Gasteiger partial charge in [0.05, 0.1) is 0 Å². The second kappa shape index (κ2) is 7.21. The SMILES string of the molecule is CC.COCCC1(N)CCN(C)CC1. The van der Waals surface area contributed by atoms with E-state index in [1.807, 2.05) is 13.8 Å². The number of likely N-dealkylation sites (tertiary alicyclic amines) is 1. The highest BCUT2D eigenvalue weighted by atomic mass is 16.5. The molecule has 0 spiro atoms. The average Bonchev–Trinajstić information content (AvgIpc) is 2.23. The summed E-state index contributed by atoms with van der Waals surface area (Å²) in [7, 11) is 3.88. The smallest absolute Gasteiger partial charge is 0.0479 e. The lowest BCUT2D eigenvalue weighted by Crippen LogP contribution is -2.49. The molecule has 0 saturated carbocycles. The zero-order chi connectivity index (χ0) is 11.0. The van der Waals surface area contributed by atoms with E-state index in [0.29, 0.717) is 0 Å². The van der Waals surface area contributed by atoms with Crippen LogP contribution in [0.3, 0.4) is 0 Å². The number of nitrogens with zero attached hydrogens (tertiary/aromatic N) is 1. The Morgan fingerprint density at radius 1 is 1.29 bits per heavy atom. The van der Waals surface area contributed by atoms with Crippen molar-refractivity contribution < 1.29 is 4.74 Å². The lowest BCUT2D eigenvalue weighted by molar-refractivity contribution is 0.127. The van der Waals surface area contributed by atoms with Crippen molar-refractivity contribution in [2.45, 2.75) is 38.6 Å². The molecule has 1 fully saturated rings. The summed E-state index contributed by atoms with van der Waals surface area (Å²) in [4.78, 5) is 2.33. The third kappa shape index (κ3) is 4.94. The lowest BCUT2D eigenvalue weighted by Gasteiger charge is -2.37. The first-order chi connectivity index (χ1) is 6.66. The molecule has 0 bridgehead atoms. The minimum absolute atomic E-state index is 0.0442. The van der Waals surface area contributed by atoms with Crippen LogP contribution in [0.5, 0.6) is 0 Å². The van der Waals surface area contributed by atoms with Crippen molar-refractivity contribution in [1.82, 2.24) is 4.90 Å². The quantitative estimate of drug-likeness (QED) is 0.753. The molecule has 0 atom stereocenters. The summed E-state index contributed by atoms with van der Waals surface area (Å²) in [6.45, 7) is 7.04. The van der Waals surface area contributed by atoms with Crippen molar-refractivity contribution in [3.63, 3.8) is 0 Å². The molecule has 0 aromatic carbocycles. The molecule has 3 nitrogen and oxygen atoms in total. The van der Waals surface area contributed by atoms with Crippen LogP contribution < -0.4 is 5.73 Å². The monoisotopic (exact) mass is 202 g/mol. The van der Waals surface area contributed by atoms with Gasteiger partial charge in [0, 0.05) is 19.3 Å². The van der Waals surface area contributed by atoms with Gasteiger partial charge < -0.3 is 15.4 Å².